The second-order valence-corrected chi connectivity index (χ2v) is 5.97. The highest BCUT2D eigenvalue weighted by atomic mass is 16.7. The maximum absolute atomic E-state index is 11.6. The van der Waals surface area contributed by atoms with Crippen LogP contribution in [0.2, 0.25) is 0 Å². The van der Waals surface area contributed by atoms with Gasteiger partial charge in [0.05, 0.1) is 23.9 Å². The van der Waals surface area contributed by atoms with Gasteiger partial charge in [-0.15, -0.1) is 0 Å². The number of carbonyl (C=O) groups excluding carboxylic acids is 1. The lowest BCUT2D eigenvalue weighted by Crippen LogP contribution is -2.41. The average Bonchev–Trinajstić information content (AvgIpc) is 2.57. The fourth-order valence-electron chi connectivity index (χ4n) is 2.03. The fraction of sp³-hybridized carbons (Fsp3) is 0.500. The molecule has 1 aliphatic heterocycles. The van der Waals surface area contributed by atoms with Gasteiger partial charge in [-0.25, -0.2) is 4.79 Å². The molecular formula is C14H18B2O4. The van der Waals surface area contributed by atoms with Crippen LogP contribution in [0, 0.1) is 0 Å². The molecule has 0 atom stereocenters. The predicted molar refractivity (Wildman–Crippen MR) is 78.9 cm³/mol. The van der Waals surface area contributed by atoms with Crippen LogP contribution in [-0.2, 0) is 14.0 Å². The van der Waals surface area contributed by atoms with E-state index in [1.54, 1.807) is 18.2 Å². The first kappa shape index (κ1) is 15.1. The van der Waals surface area contributed by atoms with Crippen molar-refractivity contribution < 1.29 is 18.8 Å². The molecule has 1 aromatic carbocycles. The molecule has 1 heterocycles. The van der Waals surface area contributed by atoms with Crippen LogP contribution < -0.4 is 10.9 Å². The molecule has 1 aromatic rings. The van der Waals surface area contributed by atoms with Crippen LogP contribution in [0.5, 0.6) is 0 Å². The number of carbonyl (C=O) groups is 1. The molecule has 4 nitrogen and oxygen atoms in total. The fourth-order valence-corrected chi connectivity index (χ4v) is 2.03. The van der Waals surface area contributed by atoms with E-state index in [0.717, 1.165) is 0 Å². The van der Waals surface area contributed by atoms with E-state index in [1.807, 2.05) is 27.7 Å². The molecule has 2 radical (unpaired) electrons. The highest BCUT2D eigenvalue weighted by molar-refractivity contribution is 6.62. The van der Waals surface area contributed by atoms with Crippen molar-refractivity contribution in [2.24, 2.45) is 0 Å². The molecule has 0 unspecified atom stereocenters. The zero-order valence-electron chi connectivity index (χ0n) is 12.5. The summed E-state index contributed by atoms with van der Waals surface area (Å²) in [6.07, 6.45) is 0. The summed E-state index contributed by atoms with van der Waals surface area (Å²) in [5.74, 6) is -0.435. The molecule has 0 aromatic heterocycles. The number of hydrogen-bond acceptors (Lipinski definition) is 4. The van der Waals surface area contributed by atoms with E-state index in [0.29, 0.717) is 16.5 Å². The highest BCUT2D eigenvalue weighted by Gasteiger charge is 2.51. The average molecular weight is 272 g/mol. The first-order valence-electron chi connectivity index (χ1n) is 6.51. The van der Waals surface area contributed by atoms with Gasteiger partial charge in [0.2, 0.25) is 0 Å². The monoisotopic (exact) mass is 272 g/mol. The maximum Gasteiger partial charge on any atom is 0.494 e. The summed E-state index contributed by atoms with van der Waals surface area (Å²) < 4.78 is 16.6. The van der Waals surface area contributed by atoms with Crippen LogP contribution >= 0.6 is 0 Å². The molecular weight excluding hydrogens is 254 g/mol. The summed E-state index contributed by atoms with van der Waals surface area (Å²) in [5, 5.41) is 0. The molecule has 1 aliphatic rings. The third kappa shape index (κ3) is 2.63. The minimum absolute atomic E-state index is 0.386. The maximum atomic E-state index is 11.6. The molecule has 20 heavy (non-hydrogen) atoms. The molecule has 0 amide bonds. The first-order valence-corrected chi connectivity index (χ1v) is 6.51. The first-order chi connectivity index (χ1) is 9.16. The van der Waals surface area contributed by atoms with E-state index in [-0.39, 0.29) is 0 Å². The number of benzene rings is 1. The van der Waals surface area contributed by atoms with Crippen LogP contribution in [0.25, 0.3) is 0 Å². The number of rotatable bonds is 2. The summed E-state index contributed by atoms with van der Waals surface area (Å²) in [6, 6.07) is 5.00. The van der Waals surface area contributed by atoms with Gasteiger partial charge in [0.1, 0.15) is 7.85 Å². The molecule has 6 heteroatoms. The number of hydrogen-bond donors (Lipinski definition) is 0. The largest absolute Gasteiger partial charge is 0.494 e. The Kier molecular flexibility index (Phi) is 3.73. The summed E-state index contributed by atoms with van der Waals surface area (Å²) in [7, 11) is 6.62. The topological polar surface area (TPSA) is 44.8 Å². The lowest BCUT2D eigenvalue weighted by Gasteiger charge is -2.32. The second-order valence-electron chi connectivity index (χ2n) is 5.97. The van der Waals surface area contributed by atoms with Gasteiger partial charge in [-0.2, -0.15) is 0 Å². The smallest absolute Gasteiger partial charge is 0.465 e. The van der Waals surface area contributed by atoms with Gasteiger partial charge >= 0.3 is 13.1 Å². The summed E-state index contributed by atoms with van der Waals surface area (Å²) in [6.45, 7) is 7.89. The Bertz CT molecular complexity index is 524. The predicted octanol–water partition coefficient (Wildman–Crippen LogP) is 0.566. The molecule has 1 saturated heterocycles. The second kappa shape index (κ2) is 4.93. The molecule has 2 rings (SSSR count). The number of methoxy groups -OCH3 is 1. The normalized spacial score (nSPS) is 19.9. The lowest BCUT2D eigenvalue weighted by atomic mass is 9.75. The van der Waals surface area contributed by atoms with Crippen LogP contribution in [0.15, 0.2) is 18.2 Å². The zero-order valence-corrected chi connectivity index (χ0v) is 12.5. The van der Waals surface area contributed by atoms with Gasteiger partial charge in [0.25, 0.3) is 0 Å². The minimum atomic E-state index is -0.549. The van der Waals surface area contributed by atoms with Crippen molar-refractivity contribution in [2.75, 3.05) is 7.11 Å². The Balaban J connectivity index is 2.35. The Morgan fingerprint density at radius 1 is 1.15 bits per heavy atom. The Morgan fingerprint density at radius 2 is 1.70 bits per heavy atom. The van der Waals surface area contributed by atoms with Crippen LogP contribution in [0.4, 0.5) is 0 Å². The van der Waals surface area contributed by atoms with Crippen molar-refractivity contribution >= 4 is 31.9 Å². The lowest BCUT2D eigenvalue weighted by molar-refractivity contribution is 0.00578. The van der Waals surface area contributed by atoms with Gasteiger partial charge in [-0.05, 0) is 39.2 Å². The standard InChI is InChI=1S/C14H18B2O4/c1-13(2)14(3,4)20-16(19-13)11-7-9(12(17)18-5)6-10(15)8-11/h6-8H,1-5H3. The molecule has 0 bridgehead atoms. The molecule has 0 aliphatic carbocycles. The van der Waals surface area contributed by atoms with Gasteiger partial charge in [0, 0.05) is 0 Å². The summed E-state index contributed by atoms with van der Waals surface area (Å²) in [5.41, 5.74) is 0.695. The van der Waals surface area contributed by atoms with Crippen molar-refractivity contribution in [3.63, 3.8) is 0 Å². The Labute approximate surface area is 121 Å². The van der Waals surface area contributed by atoms with Gasteiger partial charge < -0.3 is 14.0 Å². The quantitative estimate of drug-likeness (QED) is 0.583. The van der Waals surface area contributed by atoms with E-state index < -0.39 is 24.3 Å². The van der Waals surface area contributed by atoms with Crippen molar-refractivity contribution in [1.29, 1.82) is 0 Å². The van der Waals surface area contributed by atoms with Crippen molar-refractivity contribution in [1.82, 2.24) is 0 Å². The Hall–Kier alpha value is -1.26. The van der Waals surface area contributed by atoms with Crippen LogP contribution in [-0.4, -0.2) is 39.2 Å². The van der Waals surface area contributed by atoms with Crippen molar-refractivity contribution in [2.45, 2.75) is 38.9 Å². The molecule has 0 N–H and O–H groups in total. The van der Waals surface area contributed by atoms with Crippen LogP contribution in [0.3, 0.4) is 0 Å². The highest BCUT2D eigenvalue weighted by Crippen LogP contribution is 2.36. The van der Waals surface area contributed by atoms with E-state index in [4.69, 9.17) is 21.9 Å². The number of esters is 1. The van der Waals surface area contributed by atoms with Gasteiger partial charge in [-0.1, -0.05) is 17.6 Å². The van der Waals surface area contributed by atoms with Gasteiger partial charge in [-0.3, -0.25) is 0 Å². The van der Waals surface area contributed by atoms with Crippen LogP contribution in [0.1, 0.15) is 38.1 Å². The van der Waals surface area contributed by atoms with E-state index >= 15 is 0 Å². The Morgan fingerprint density at radius 3 is 2.20 bits per heavy atom. The molecule has 104 valence electrons. The summed E-state index contributed by atoms with van der Waals surface area (Å²) >= 11 is 0. The third-order valence-corrected chi connectivity index (χ3v) is 3.92. The zero-order chi connectivity index (χ0) is 15.1. The molecule has 0 saturated carbocycles. The van der Waals surface area contributed by atoms with Crippen molar-refractivity contribution in [3.8, 4) is 0 Å². The van der Waals surface area contributed by atoms with E-state index in [1.165, 1.54) is 7.11 Å². The van der Waals surface area contributed by atoms with E-state index in [9.17, 15) is 4.79 Å². The molecule has 0 spiro atoms. The SMILES string of the molecule is [B]c1cc(B2OC(C)(C)C(C)(C)O2)cc(C(=O)OC)c1. The van der Waals surface area contributed by atoms with Crippen molar-refractivity contribution in [3.05, 3.63) is 23.8 Å². The summed E-state index contributed by atoms with van der Waals surface area (Å²) in [4.78, 5) is 11.6. The molecule has 1 fully saturated rings. The minimum Gasteiger partial charge on any atom is -0.465 e. The van der Waals surface area contributed by atoms with E-state index in [2.05, 4.69) is 0 Å². The third-order valence-electron chi connectivity index (χ3n) is 3.92. The number of ether oxygens (including phenoxy) is 1. The van der Waals surface area contributed by atoms with Gasteiger partial charge in [0.15, 0.2) is 0 Å².